The fourth-order valence-corrected chi connectivity index (χ4v) is 4.56. The zero-order valence-corrected chi connectivity index (χ0v) is 13.2. The molecule has 0 spiro atoms. The summed E-state index contributed by atoms with van der Waals surface area (Å²) in [5, 5.41) is 3.34. The van der Waals surface area contributed by atoms with Crippen LogP contribution in [0, 0.1) is 0 Å². The Morgan fingerprint density at radius 2 is 2.10 bits per heavy atom. The monoisotopic (exact) mass is 309 g/mol. The molecule has 1 aliphatic carbocycles. The summed E-state index contributed by atoms with van der Waals surface area (Å²) in [7, 11) is -2.91. The first kappa shape index (κ1) is 14.9. The van der Waals surface area contributed by atoms with E-state index in [9.17, 15) is 8.42 Å². The first-order valence-corrected chi connectivity index (χ1v) is 9.64. The zero-order valence-electron chi connectivity index (χ0n) is 12.4. The van der Waals surface area contributed by atoms with Crippen LogP contribution >= 0.6 is 0 Å². The van der Waals surface area contributed by atoms with Crippen molar-refractivity contribution in [3.63, 3.8) is 0 Å². The van der Waals surface area contributed by atoms with Crippen LogP contribution in [0.3, 0.4) is 0 Å². The largest absolute Gasteiger partial charge is 0.488 e. The lowest BCUT2D eigenvalue weighted by atomic mass is 9.95. The molecule has 0 amide bonds. The van der Waals surface area contributed by atoms with Crippen LogP contribution in [0.2, 0.25) is 0 Å². The maximum Gasteiger partial charge on any atom is 0.150 e. The smallest absolute Gasteiger partial charge is 0.150 e. The molecule has 0 radical (unpaired) electrons. The number of para-hydroxylation sites is 1. The van der Waals surface area contributed by atoms with Gasteiger partial charge >= 0.3 is 0 Å². The van der Waals surface area contributed by atoms with Gasteiger partial charge in [-0.25, -0.2) is 8.42 Å². The topological polar surface area (TPSA) is 55.4 Å². The van der Waals surface area contributed by atoms with Crippen molar-refractivity contribution >= 4 is 9.84 Å². The molecule has 1 aliphatic heterocycles. The maximum atomic E-state index is 11.7. The molecule has 5 heteroatoms. The molecule has 1 aromatic rings. The van der Waals surface area contributed by atoms with Crippen molar-refractivity contribution in [2.24, 2.45) is 0 Å². The van der Waals surface area contributed by atoms with Crippen molar-refractivity contribution in [3.8, 4) is 5.75 Å². The van der Waals surface area contributed by atoms with E-state index in [0.717, 1.165) is 44.4 Å². The molecular formula is C16H23NO3S. The number of sulfone groups is 1. The van der Waals surface area contributed by atoms with Gasteiger partial charge in [-0.2, -0.15) is 0 Å². The molecule has 3 rings (SSSR count). The Morgan fingerprint density at radius 3 is 2.86 bits per heavy atom. The highest BCUT2D eigenvalue weighted by atomic mass is 32.2. The van der Waals surface area contributed by atoms with Gasteiger partial charge in [-0.05, 0) is 30.9 Å². The highest BCUT2D eigenvalue weighted by Crippen LogP contribution is 2.28. The van der Waals surface area contributed by atoms with Crippen molar-refractivity contribution < 1.29 is 13.2 Å². The summed E-state index contributed by atoms with van der Waals surface area (Å²) < 4.78 is 29.3. The van der Waals surface area contributed by atoms with E-state index in [1.54, 1.807) is 0 Å². The number of ether oxygens (including phenoxy) is 1. The number of rotatable bonds is 4. The molecule has 1 aromatic carbocycles. The van der Waals surface area contributed by atoms with Crippen LogP contribution in [0.5, 0.6) is 5.75 Å². The molecule has 116 valence electrons. The Hall–Kier alpha value is -1.07. The Morgan fingerprint density at radius 1 is 1.29 bits per heavy atom. The first-order chi connectivity index (χ1) is 10.0. The van der Waals surface area contributed by atoms with E-state index in [1.165, 1.54) is 11.8 Å². The van der Waals surface area contributed by atoms with Gasteiger partial charge in [0.1, 0.15) is 21.7 Å². The fourth-order valence-electron chi connectivity index (χ4n) is 3.39. The molecule has 4 nitrogen and oxygen atoms in total. The minimum atomic E-state index is -2.91. The van der Waals surface area contributed by atoms with Gasteiger partial charge < -0.3 is 10.1 Å². The van der Waals surface area contributed by atoms with E-state index in [1.807, 2.05) is 18.2 Å². The van der Waals surface area contributed by atoms with Crippen molar-refractivity contribution in [2.45, 2.75) is 49.5 Å². The molecule has 1 fully saturated rings. The molecule has 3 unspecified atom stereocenters. The lowest BCUT2D eigenvalue weighted by Gasteiger charge is -2.29. The summed E-state index contributed by atoms with van der Waals surface area (Å²) >= 11 is 0. The summed E-state index contributed by atoms with van der Waals surface area (Å²) in [6, 6.07) is 8.44. The van der Waals surface area contributed by atoms with Gasteiger partial charge in [0.25, 0.3) is 0 Å². The van der Waals surface area contributed by atoms with Crippen LogP contribution in [0.25, 0.3) is 0 Å². The lowest BCUT2D eigenvalue weighted by molar-refractivity contribution is 0.214. The molecule has 3 atom stereocenters. The van der Waals surface area contributed by atoms with Crippen LogP contribution in [-0.2, 0) is 16.3 Å². The highest BCUT2D eigenvalue weighted by Gasteiger charge is 2.30. The SMILES string of the molecule is CS(=O)(=O)C1CCCC(NCC2Cc3ccccc3O2)C1. The molecule has 1 saturated carbocycles. The van der Waals surface area contributed by atoms with E-state index in [-0.39, 0.29) is 11.4 Å². The van der Waals surface area contributed by atoms with Crippen LogP contribution in [0.4, 0.5) is 0 Å². The van der Waals surface area contributed by atoms with Crippen molar-refractivity contribution in [1.29, 1.82) is 0 Å². The summed E-state index contributed by atoms with van der Waals surface area (Å²) in [4.78, 5) is 0. The first-order valence-electron chi connectivity index (χ1n) is 7.69. The molecule has 1 N–H and O–H groups in total. The van der Waals surface area contributed by atoms with Gasteiger partial charge in [-0.3, -0.25) is 0 Å². The van der Waals surface area contributed by atoms with Crippen LogP contribution in [0.15, 0.2) is 24.3 Å². The highest BCUT2D eigenvalue weighted by molar-refractivity contribution is 7.91. The van der Waals surface area contributed by atoms with Crippen molar-refractivity contribution in [2.75, 3.05) is 12.8 Å². The van der Waals surface area contributed by atoms with Gasteiger partial charge in [0.2, 0.25) is 0 Å². The zero-order chi connectivity index (χ0) is 14.9. The van der Waals surface area contributed by atoms with Gasteiger partial charge in [0.05, 0.1) is 5.25 Å². The molecule has 0 saturated heterocycles. The third-order valence-electron chi connectivity index (χ3n) is 4.58. The summed E-state index contributed by atoms with van der Waals surface area (Å²) in [6.07, 6.45) is 6.05. The molecule has 2 aliphatic rings. The number of benzene rings is 1. The average molecular weight is 309 g/mol. The number of fused-ring (bicyclic) bond motifs is 1. The van der Waals surface area contributed by atoms with Crippen LogP contribution in [0.1, 0.15) is 31.2 Å². The van der Waals surface area contributed by atoms with Crippen molar-refractivity contribution in [3.05, 3.63) is 29.8 Å². The quantitative estimate of drug-likeness (QED) is 0.923. The summed E-state index contributed by atoms with van der Waals surface area (Å²) in [5.41, 5.74) is 1.27. The number of hydrogen-bond acceptors (Lipinski definition) is 4. The van der Waals surface area contributed by atoms with E-state index < -0.39 is 9.84 Å². The van der Waals surface area contributed by atoms with Crippen LogP contribution < -0.4 is 10.1 Å². The van der Waals surface area contributed by atoms with Gasteiger partial charge in [-0.15, -0.1) is 0 Å². The van der Waals surface area contributed by atoms with E-state index in [2.05, 4.69) is 11.4 Å². The normalized spacial score (nSPS) is 28.9. The minimum Gasteiger partial charge on any atom is -0.488 e. The predicted molar refractivity (Wildman–Crippen MR) is 83.5 cm³/mol. The Balaban J connectivity index is 1.50. The van der Waals surface area contributed by atoms with Gasteiger partial charge in [-0.1, -0.05) is 24.6 Å². The van der Waals surface area contributed by atoms with Gasteiger partial charge in [0, 0.05) is 25.3 Å². The third-order valence-corrected chi connectivity index (χ3v) is 6.22. The average Bonchev–Trinajstić information content (AvgIpc) is 2.87. The van der Waals surface area contributed by atoms with E-state index >= 15 is 0 Å². The van der Waals surface area contributed by atoms with E-state index in [4.69, 9.17) is 4.74 Å². The fraction of sp³-hybridized carbons (Fsp3) is 0.625. The molecule has 1 heterocycles. The van der Waals surface area contributed by atoms with E-state index in [0.29, 0.717) is 6.04 Å². The second kappa shape index (κ2) is 5.97. The van der Waals surface area contributed by atoms with Crippen LogP contribution in [-0.4, -0.2) is 38.6 Å². The lowest BCUT2D eigenvalue weighted by Crippen LogP contribution is -2.42. The minimum absolute atomic E-state index is 0.168. The van der Waals surface area contributed by atoms with Gasteiger partial charge in [0.15, 0.2) is 0 Å². The summed E-state index contributed by atoms with van der Waals surface area (Å²) in [6.45, 7) is 0.788. The molecule has 0 aromatic heterocycles. The Labute approximate surface area is 126 Å². The second-order valence-electron chi connectivity index (χ2n) is 6.28. The Bertz CT molecular complexity index is 574. The third kappa shape index (κ3) is 3.58. The van der Waals surface area contributed by atoms with Crippen molar-refractivity contribution in [1.82, 2.24) is 5.32 Å². The summed E-state index contributed by atoms with van der Waals surface area (Å²) in [5.74, 6) is 0.988. The standard InChI is InChI=1S/C16H23NO3S/c1-21(18,19)15-7-4-6-13(10-15)17-11-14-9-12-5-2-3-8-16(12)20-14/h2-3,5,8,13-15,17H,4,6-7,9-11H2,1H3. The molecular weight excluding hydrogens is 286 g/mol. The molecule has 0 bridgehead atoms. The molecule has 21 heavy (non-hydrogen) atoms. The predicted octanol–water partition coefficient (Wildman–Crippen LogP) is 1.94. The second-order valence-corrected chi connectivity index (χ2v) is 8.60. The number of nitrogens with one attached hydrogen (secondary N) is 1. The number of hydrogen-bond donors (Lipinski definition) is 1. The maximum absolute atomic E-state index is 11.7. The Kier molecular flexibility index (Phi) is 4.22.